The van der Waals surface area contributed by atoms with Crippen molar-refractivity contribution in [3.05, 3.63) is 102 Å². The molecule has 27 heavy (non-hydrogen) atoms. The highest BCUT2D eigenvalue weighted by Crippen LogP contribution is 2.28. The highest BCUT2D eigenvalue weighted by molar-refractivity contribution is 5.37. The molecule has 0 bridgehead atoms. The molecule has 0 amide bonds. The lowest BCUT2D eigenvalue weighted by molar-refractivity contribution is 0.330. The van der Waals surface area contributed by atoms with Crippen LogP contribution < -0.4 is 10.1 Å². The summed E-state index contributed by atoms with van der Waals surface area (Å²) in [6.07, 6.45) is 0. The van der Waals surface area contributed by atoms with Gasteiger partial charge in [0.15, 0.2) is 0 Å². The van der Waals surface area contributed by atoms with Crippen molar-refractivity contribution in [3.63, 3.8) is 0 Å². The molecule has 140 valence electrons. The number of hydrogen-bond acceptors (Lipinski definition) is 3. The van der Waals surface area contributed by atoms with Gasteiger partial charge in [-0.3, -0.25) is 5.32 Å². The molecule has 0 fully saturated rings. The minimum atomic E-state index is 0.0754. The average Bonchev–Trinajstić information content (AvgIpc) is 2.72. The number of rotatable bonds is 8. The fraction of sp³-hybridized carbons (Fsp3) is 0.250. The van der Waals surface area contributed by atoms with Crippen LogP contribution in [0.5, 0.6) is 5.75 Å². The van der Waals surface area contributed by atoms with Crippen LogP contribution in [0, 0.1) is 0 Å². The number of hydrogen-bond donors (Lipinski definition) is 1. The van der Waals surface area contributed by atoms with Crippen molar-refractivity contribution in [1.29, 1.82) is 0 Å². The summed E-state index contributed by atoms with van der Waals surface area (Å²) >= 11 is 0. The lowest BCUT2D eigenvalue weighted by Gasteiger charge is -2.29. The largest absolute Gasteiger partial charge is 0.497 e. The molecule has 0 saturated heterocycles. The summed E-state index contributed by atoms with van der Waals surface area (Å²) in [5.41, 5.74) is 3.72. The maximum absolute atomic E-state index is 5.46. The molecule has 0 aliphatic carbocycles. The molecular weight excluding hydrogens is 332 g/mol. The monoisotopic (exact) mass is 360 g/mol. The van der Waals surface area contributed by atoms with Gasteiger partial charge in [0.25, 0.3) is 0 Å². The predicted molar refractivity (Wildman–Crippen MR) is 112 cm³/mol. The lowest BCUT2D eigenvalue weighted by atomic mass is 9.96. The maximum Gasteiger partial charge on any atom is 0.119 e. The molecule has 3 aromatic carbocycles. The highest BCUT2D eigenvalue weighted by atomic mass is 16.5. The Hall–Kier alpha value is -2.62. The Morgan fingerprint density at radius 2 is 1.37 bits per heavy atom. The van der Waals surface area contributed by atoms with Gasteiger partial charge in [-0.15, -0.1) is 0 Å². The van der Waals surface area contributed by atoms with Gasteiger partial charge in [0, 0.05) is 12.6 Å². The molecule has 0 aromatic heterocycles. The third-order valence-electron chi connectivity index (χ3n) is 4.68. The second-order valence-corrected chi connectivity index (χ2v) is 7.01. The second kappa shape index (κ2) is 9.36. The molecule has 0 aliphatic heterocycles. The van der Waals surface area contributed by atoms with Gasteiger partial charge in [0.1, 0.15) is 5.75 Å². The second-order valence-electron chi connectivity index (χ2n) is 7.01. The van der Waals surface area contributed by atoms with Crippen molar-refractivity contribution in [2.45, 2.75) is 12.1 Å². The van der Waals surface area contributed by atoms with Crippen molar-refractivity contribution in [3.8, 4) is 5.75 Å². The summed E-state index contributed by atoms with van der Waals surface area (Å²) in [5, 5.41) is 3.89. The standard InChI is InChI=1S/C24H28N2O/c1-26(2)18-23(19-11-6-4-7-12-19)25-24(20-13-8-5-9-14-20)21-15-10-16-22(17-21)27-3/h4-17,23-25H,18H2,1-3H3. The SMILES string of the molecule is COc1cccc(C(NC(CN(C)C)c2ccccc2)c2ccccc2)c1. The van der Waals surface area contributed by atoms with Crippen LogP contribution in [0.1, 0.15) is 28.8 Å². The Morgan fingerprint density at radius 3 is 1.96 bits per heavy atom. The van der Waals surface area contributed by atoms with E-state index in [2.05, 4.69) is 103 Å². The van der Waals surface area contributed by atoms with Gasteiger partial charge in [-0.25, -0.2) is 0 Å². The van der Waals surface area contributed by atoms with Crippen molar-refractivity contribution >= 4 is 0 Å². The molecule has 0 spiro atoms. The number of nitrogens with one attached hydrogen (secondary N) is 1. The summed E-state index contributed by atoms with van der Waals surface area (Å²) in [4.78, 5) is 2.22. The summed E-state index contributed by atoms with van der Waals surface area (Å²) in [6.45, 7) is 0.914. The van der Waals surface area contributed by atoms with Crippen LogP contribution in [0.25, 0.3) is 0 Å². The molecule has 3 aromatic rings. The van der Waals surface area contributed by atoms with Crippen LogP contribution >= 0.6 is 0 Å². The van der Waals surface area contributed by atoms with E-state index in [4.69, 9.17) is 4.74 Å². The molecule has 2 atom stereocenters. The van der Waals surface area contributed by atoms with Crippen LogP contribution in [0.2, 0.25) is 0 Å². The molecule has 0 saturated carbocycles. The van der Waals surface area contributed by atoms with E-state index in [1.54, 1.807) is 7.11 Å². The van der Waals surface area contributed by atoms with E-state index in [9.17, 15) is 0 Å². The van der Waals surface area contributed by atoms with Crippen LogP contribution in [0.3, 0.4) is 0 Å². The molecule has 0 radical (unpaired) electrons. The first-order valence-corrected chi connectivity index (χ1v) is 9.32. The van der Waals surface area contributed by atoms with E-state index in [0.29, 0.717) is 0 Å². The van der Waals surface area contributed by atoms with Crippen LogP contribution in [-0.4, -0.2) is 32.6 Å². The zero-order valence-corrected chi connectivity index (χ0v) is 16.3. The van der Waals surface area contributed by atoms with Crippen molar-refractivity contribution in [2.75, 3.05) is 27.7 Å². The smallest absolute Gasteiger partial charge is 0.119 e. The fourth-order valence-electron chi connectivity index (χ4n) is 3.36. The van der Waals surface area contributed by atoms with Gasteiger partial charge >= 0.3 is 0 Å². The van der Waals surface area contributed by atoms with Crippen molar-refractivity contribution in [2.24, 2.45) is 0 Å². The number of benzene rings is 3. The van der Waals surface area contributed by atoms with Gasteiger partial charge in [-0.05, 0) is 42.9 Å². The summed E-state index contributed by atoms with van der Waals surface area (Å²) in [7, 11) is 5.93. The fourth-order valence-corrected chi connectivity index (χ4v) is 3.36. The van der Waals surface area contributed by atoms with Gasteiger partial charge < -0.3 is 9.64 Å². The normalized spacial score (nSPS) is 13.3. The number of likely N-dealkylation sites (N-methyl/N-ethyl adjacent to an activating group) is 1. The van der Waals surface area contributed by atoms with E-state index in [-0.39, 0.29) is 12.1 Å². The Morgan fingerprint density at radius 1 is 0.778 bits per heavy atom. The molecule has 1 N–H and O–H groups in total. The predicted octanol–water partition coefficient (Wildman–Crippen LogP) is 4.68. The van der Waals surface area contributed by atoms with E-state index in [0.717, 1.165) is 12.3 Å². The van der Waals surface area contributed by atoms with Gasteiger partial charge in [0.05, 0.1) is 13.2 Å². The number of ether oxygens (including phenoxy) is 1. The first-order valence-electron chi connectivity index (χ1n) is 9.32. The molecular formula is C24H28N2O. The topological polar surface area (TPSA) is 24.5 Å². The molecule has 3 nitrogen and oxygen atoms in total. The van der Waals surface area contributed by atoms with E-state index >= 15 is 0 Å². The van der Waals surface area contributed by atoms with E-state index in [1.807, 2.05) is 6.07 Å². The zero-order chi connectivity index (χ0) is 19.1. The highest BCUT2D eigenvalue weighted by Gasteiger charge is 2.21. The van der Waals surface area contributed by atoms with Crippen LogP contribution in [-0.2, 0) is 0 Å². The summed E-state index contributed by atoms with van der Waals surface area (Å²) < 4.78 is 5.46. The zero-order valence-electron chi connectivity index (χ0n) is 16.3. The summed E-state index contributed by atoms with van der Waals surface area (Å²) in [6, 6.07) is 29.8. The Labute approximate surface area is 162 Å². The summed E-state index contributed by atoms with van der Waals surface area (Å²) in [5.74, 6) is 0.874. The molecule has 3 rings (SSSR count). The minimum absolute atomic E-state index is 0.0754. The lowest BCUT2D eigenvalue weighted by Crippen LogP contribution is -2.34. The Kier molecular flexibility index (Phi) is 6.64. The minimum Gasteiger partial charge on any atom is -0.497 e. The maximum atomic E-state index is 5.46. The number of methoxy groups -OCH3 is 1. The first-order chi connectivity index (χ1) is 13.2. The van der Waals surface area contributed by atoms with E-state index < -0.39 is 0 Å². The molecule has 0 heterocycles. The Bertz CT molecular complexity index is 818. The van der Waals surface area contributed by atoms with Crippen molar-refractivity contribution in [1.82, 2.24) is 10.2 Å². The van der Waals surface area contributed by atoms with Crippen LogP contribution in [0.15, 0.2) is 84.9 Å². The Balaban J connectivity index is 1.98. The molecule has 0 aliphatic rings. The molecule has 2 unspecified atom stereocenters. The third-order valence-corrected chi connectivity index (χ3v) is 4.68. The van der Waals surface area contributed by atoms with Crippen LogP contribution in [0.4, 0.5) is 0 Å². The van der Waals surface area contributed by atoms with Gasteiger partial charge in [0.2, 0.25) is 0 Å². The third kappa shape index (κ3) is 5.19. The number of nitrogens with zero attached hydrogens (tertiary/aromatic N) is 1. The quantitative estimate of drug-likeness (QED) is 0.631. The molecule has 3 heteroatoms. The average molecular weight is 361 g/mol. The van der Waals surface area contributed by atoms with Gasteiger partial charge in [-0.1, -0.05) is 72.8 Å². The first kappa shape index (κ1) is 19.2. The van der Waals surface area contributed by atoms with E-state index in [1.165, 1.54) is 16.7 Å². The van der Waals surface area contributed by atoms with Crippen molar-refractivity contribution < 1.29 is 4.74 Å². The van der Waals surface area contributed by atoms with Gasteiger partial charge in [-0.2, -0.15) is 0 Å².